The molecule has 0 aliphatic heterocycles. The van der Waals surface area contributed by atoms with Gasteiger partial charge in [-0.2, -0.15) is 0 Å². The zero-order valence-electron chi connectivity index (χ0n) is 10.9. The SMILES string of the molecule is Nc1cccc(CC(=O)Nc2ccc3[nH]ccc3c2)c1. The van der Waals surface area contributed by atoms with Crippen LogP contribution in [-0.4, -0.2) is 10.9 Å². The Kier molecular flexibility index (Phi) is 3.13. The molecule has 0 aliphatic rings. The van der Waals surface area contributed by atoms with Crippen LogP contribution in [0, 0.1) is 0 Å². The van der Waals surface area contributed by atoms with E-state index in [0.717, 1.165) is 22.2 Å². The maximum atomic E-state index is 12.0. The van der Waals surface area contributed by atoms with Gasteiger partial charge in [0, 0.05) is 28.5 Å². The van der Waals surface area contributed by atoms with E-state index >= 15 is 0 Å². The van der Waals surface area contributed by atoms with Crippen molar-refractivity contribution in [3.63, 3.8) is 0 Å². The summed E-state index contributed by atoms with van der Waals surface area (Å²) in [5.41, 5.74) is 9.13. The quantitative estimate of drug-likeness (QED) is 0.637. The third-order valence-electron chi connectivity index (χ3n) is 3.15. The highest BCUT2D eigenvalue weighted by Crippen LogP contribution is 2.18. The lowest BCUT2D eigenvalue weighted by Gasteiger charge is -2.06. The lowest BCUT2D eigenvalue weighted by Crippen LogP contribution is -2.14. The number of amides is 1. The molecular weight excluding hydrogens is 250 g/mol. The molecule has 0 unspecified atom stereocenters. The number of carbonyl (C=O) groups excluding carboxylic acids is 1. The molecule has 1 heterocycles. The van der Waals surface area contributed by atoms with Gasteiger partial charge in [0.1, 0.15) is 0 Å². The van der Waals surface area contributed by atoms with Crippen LogP contribution in [0.15, 0.2) is 54.7 Å². The van der Waals surface area contributed by atoms with Crippen LogP contribution >= 0.6 is 0 Å². The lowest BCUT2D eigenvalue weighted by molar-refractivity contribution is -0.115. The van der Waals surface area contributed by atoms with Gasteiger partial charge in [0.2, 0.25) is 5.91 Å². The highest BCUT2D eigenvalue weighted by Gasteiger charge is 2.05. The molecule has 4 nitrogen and oxygen atoms in total. The molecule has 0 saturated heterocycles. The smallest absolute Gasteiger partial charge is 0.228 e. The summed E-state index contributed by atoms with van der Waals surface area (Å²) in [6.45, 7) is 0. The molecule has 20 heavy (non-hydrogen) atoms. The fourth-order valence-corrected chi connectivity index (χ4v) is 2.22. The Balaban J connectivity index is 1.72. The molecule has 100 valence electrons. The Morgan fingerprint density at radius 3 is 2.90 bits per heavy atom. The second-order valence-corrected chi connectivity index (χ2v) is 4.75. The van der Waals surface area contributed by atoms with Crippen molar-refractivity contribution in [1.82, 2.24) is 4.98 Å². The van der Waals surface area contributed by atoms with Crippen LogP contribution < -0.4 is 11.1 Å². The van der Waals surface area contributed by atoms with Crippen LogP contribution in [0.5, 0.6) is 0 Å². The number of hydrogen-bond acceptors (Lipinski definition) is 2. The third-order valence-corrected chi connectivity index (χ3v) is 3.15. The van der Waals surface area contributed by atoms with E-state index in [1.165, 1.54) is 0 Å². The maximum Gasteiger partial charge on any atom is 0.228 e. The fraction of sp³-hybridized carbons (Fsp3) is 0.0625. The summed E-state index contributed by atoms with van der Waals surface area (Å²) in [6, 6.07) is 15.1. The van der Waals surface area contributed by atoms with E-state index in [9.17, 15) is 4.79 Å². The predicted octanol–water partition coefficient (Wildman–Crippen LogP) is 2.93. The molecule has 0 atom stereocenters. The van der Waals surface area contributed by atoms with Crippen LogP contribution in [0.4, 0.5) is 11.4 Å². The normalized spacial score (nSPS) is 10.6. The first-order valence-electron chi connectivity index (χ1n) is 6.42. The molecule has 4 N–H and O–H groups in total. The van der Waals surface area contributed by atoms with Gasteiger partial charge in [0.25, 0.3) is 0 Å². The average Bonchev–Trinajstić information content (AvgIpc) is 2.86. The van der Waals surface area contributed by atoms with E-state index in [4.69, 9.17) is 5.73 Å². The van der Waals surface area contributed by atoms with Gasteiger partial charge in [-0.1, -0.05) is 12.1 Å². The highest BCUT2D eigenvalue weighted by atomic mass is 16.1. The van der Waals surface area contributed by atoms with Crippen molar-refractivity contribution >= 4 is 28.2 Å². The molecule has 0 radical (unpaired) electrons. The number of anilines is 2. The Labute approximate surface area is 116 Å². The summed E-state index contributed by atoms with van der Waals surface area (Å²) in [4.78, 5) is 15.1. The summed E-state index contributed by atoms with van der Waals surface area (Å²) in [5.74, 6) is -0.0505. The zero-order valence-corrected chi connectivity index (χ0v) is 10.9. The highest BCUT2D eigenvalue weighted by molar-refractivity contribution is 5.94. The summed E-state index contributed by atoms with van der Waals surface area (Å²) in [6.07, 6.45) is 2.19. The summed E-state index contributed by atoms with van der Waals surface area (Å²) in [7, 11) is 0. The molecule has 0 saturated carbocycles. The van der Waals surface area contributed by atoms with Gasteiger partial charge in [-0.25, -0.2) is 0 Å². The van der Waals surface area contributed by atoms with Gasteiger partial charge in [-0.3, -0.25) is 4.79 Å². The van der Waals surface area contributed by atoms with Crippen LogP contribution in [0.2, 0.25) is 0 Å². The van der Waals surface area contributed by atoms with Crippen molar-refractivity contribution in [3.05, 3.63) is 60.3 Å². The van der Waals surface area contributed by atoms with Gasteiger partial charge in [0.05, 0.1) is 6.42 Å². The molecule has 0 bridgehead atoms. The molecule has 1 amide bonds. The number of nitrogen functional groups attached to an aromatic ring is 1. The second-order valence-electron chi connectivity index (χ2n) is 4.75. The molecule has 0 spiro atoms. The topological polar surface area (TPSA) is 70.9 Å². The third kappa shape index (κ3) is 2.64. The molecular formula is C16H15N3O. The first-order valence-corrected chi connectivity index (χ1v) is 6.42. The van der Waals surface area contributed by atoms with Crippen molar-refractivity contribution in [2.75, 3.05) is 11.1 Å². The minimum atomic E-state index is -0.0505. The largest absolute Gasteiger partial charge is 0.399 e. The van der Waals surface area contributed by atoms with Crippen molar-refractivity contribution in [1.29, 1.82) is 0 Å². The predicted molar refractivity (Wildman–Crippen MR) is 81.5 cm³/mol. The summed E-state index contributed by atoms with van der Waals surface area (Å²) < 4.78 is 0. The van der Waals surface area contributed by atoms with Gasteiger partial charge < -0.3 is 16.0 Å². The van der Waals surface area contributed by atoms with Gasteiger partial charge in [-0.05, 0) is 42.0 Å². The molecule has 1 aromatic heterocycles. The minimum absolute atomic E-state index is 0.0505. The first-order chi connectivity index (χ1) is 9.70. The molecule has 3 aromatic rings. The Bertz CT molecular complexity index is 761. The van der Waals surface area contributed by atoms with Gasteiger partial charge in [0.15, 0.2) is 0 Å². The van der Waals surface area contributed by atoms with Crippen LogP contribution in [-0.2, 0) is 11.2 Å². The number of carbonyl (C=O) groups is 1. The van der Waals surface area contributed by atoms with Crippen molar-refractivity contribution < 1.29 is 4.79 Å². The Hall–Kier alpha value is -2.75. The number of hydrogen-bond donors (Lipinski definition) is 3. The first kappa shape index (κ1) is 12.3. The number of aromatic amines is 1. The fourth-order valence-electron chi connectivity index (χ4n) is 2.22. The number of fused-ring (bicyclic) bond motifs is 1. The number of benzene rings is 2. The van der Waals surface area contributed by atoms with E-state index in [1.54, 1.807) is 6.07 Å². The minimum Gasteiger partial charge on any atom is -0.399 e. The van der Waals surface area contributed by atoms with Gasteiger partial charge in [-0.15, -0.1) is 0 Å². The monoisotopic (exact) mass is 265 g/mol. The van der Waals surface area contributed by atoms with Crippen LogP contribution in [0.25, 0.3) is 10.9 Å². The number of H-pyrrole nitrogens is 1. The van der Waals surface area contributed by atoms with Gasteiger partial charge >= 0.3 is 0 Å². The molecule has 2 aromatic carbocycles. The Morgan fingerprint density at radius 1 is 1.15 bits per heavy atom. The van der Waals surface area contributed by atoms with Crippen molar-refractivity contribution in [3.8, 4) is 0 Å². The molecule has 0 aliphatic carbocycles. The summed E-state index contributed by atoms with van der Waals surface area (Å²) in [5, 5.41) is 3.97. The second kappa shape index (κ2) is 5.09. The number of aromatic nitrogens is 1. The van der Waals surface area contributed by atoms with Crippen molar-refractivity contribution in [2.45, 2.75) is 6.42 Å². The average molecular weight is 265 g/mol. The van der Waals surface area contributed by atoms with Crippen LogP contribution in [0.1, 0.15) is 5.56 Å². The van der Waals surface area contributed by atoms with E-state index in [1.807, 2.05) is 48.7 Å². The van der Waals surface area contributed by atoms with E-state index < -0.39 is 0 Å². The van der Waals surface area contributed by atoms with E-state index in [0.29, 0.717) is 12.1 Å². The number of nitrogens with two attached hydrogens (primary N) is 1. The summed E-state index contributed by atoms with van der Waals surface area (Å²) >= 11 is 0. The van der Waals surface area contributed by atoms with Crippen molar-refractivity contribution in [2.24, 2.45) is 0 Å². The lowest BCUT2D eigenvalue weighted by atomic mass is 10.1. The molecule has 0 fully saturated rings. The molecule has 3 rings (SSSR count). The molecule has 4 heteroatoms. The van der Waals surface area contributed by atoms with E-state index in [-0.39, 0.29) is 5.91 Å². The number of nitrogens with one attached hydrogen (secondary N) is 2. The number of rotatable bonds is 3. The Morgan fingerprint density at radius 2 is 2.05 bits per heavy atom. The standard InChI is InChI=1S/C16H15N3O/c17-13-3-1-2-11(8-13)9-16(20)19-14-4-5-15-12(10-14)6-7-18-15/h1-8,10,18H,9,17H2,(H,19,20). The zero-order chi connectivity index (χ0) is 13.9. The van der Waals surface area contributed by atoms with E-state index in [2.05, 4.69) is 10.3 Å². The van der Waals surface area contributed by atoms with Crippen LogP contribution in [0.3, 0.4) is 0 Å². The maximum absolute atomic E-state index is 12.0.